The highest BCUT2D eigenvalue weighted by atomic mass is 16.2. The van der Waals surface area contributed by atoms with Crippen LogP contribution in [0.1, 0.15) is 23.2 Å². The average Bonchev–Trinajstić information content (AvgIpc) is 3.05. The monoisotopic (exact) mass is 320 g/mol. The lowest BCUT2D eigenvalue weighted by Crippen LogP contribution is -2.36. The minimum absolute atomic E-state index is 0.0940. The van der Waals surface area contributed by atoms with Gasteiger partial charge in [0.15, 0.2) is 0 Å². The number of amides is 1. The molecule has 0 bridgehead atoms. The topological polar surface area (TPSA) is 57.1 Å². The number of carbonyl (C=O) groups is 1. The highest BCUT2D eigenvalue weighted by Crippen LogP contribution is 2.41. The van der Waals surface area contributed by atoms with Crippen molar-refractivity contribution >= 4 is 5.91 Å². The summed E-state index contributed by atoms with van der Waals surface area (Å²) in [6.07, 6.45) is 1.66. The van der Waals surface area contributed by atoms with Crippen LogP contribution in [0, 0.1) is 0 Å². The third kappa shape index (κ3) is 3.51. The molecule has 0 saturated carbocycles. The molecule has 1 aliphatic heterocycles. The maximum atomic E-state index is 12.1. The second kappa shape index (κ2) is 7.55. The van der Waals surface area contributed by atoms with Gasteiger partial charge in [-0.15, -0.1) is 6.58 Å². The van der Waals surface area contributed by atoms with Crippen molar-refractivity contribution in [2.24, 2.45) is 10.3 Å². The lowest BCUT2D eigenvalue weighted by Gasteiger charge is -2.26. The van der Waals surface area contributed by atoms with Gasteiger partial charge in [-0.25, -0.2) is 0 Å². The molecule has 2 unspecified atom stereocenters. The number of benzene rings is 2. The van der Waals surface area contributed by atoms with Gasteiger partial charge in [-0.3, -0.25) is 9.80 Å². The number of carbonyl (C=O) groups excluding carboxylic acids is 1. The first kappa shape index (κ1) is 15.9. The van der Waals surface area contributed by atoms with Crippen LogP contribution < -0.4 is 5.32 Å². The van der Waals surface area contributed by atoms with Crippen LogP contribution in [0.25, 0.3) is 0 Å². The van der Waals surface area contributed by atoms with Gasteiger partial charge in [-0.2, -0.15) is 5.11 Å². The minimum Gasteiger partial charge on any atom is -0.351 e. The summed E-state index contributed by atoms with van der Waals surface area (Å²) in [5, 5.41) is 13.2. The van der Waals surface area contributed by atoms with Crippen molar-refractivity contribution in [2.75, 3.05) is 13.1 Å². The van der Waals surface area contributed by atoms with Crippen molar-refractivity contribution < 1.29 is 4.79 Å². The Bertz CT molecular complexity index is 715. The highest BCUT2D eigenvalue weighted by Gasteiger charge is 2.35. The number of nitrogens with zero attached hydrogens (tertiary/aromatic N) is 3. The Labute approximate surface area is 141 Å². The molecule has 24 heavy (non-hydrogen) atoms. The summed E-state index contributed by atoms with van der Waals surface area (Å²) in [7, 11) is 0. The SMILES string of the molecule is C=CCNC(=O)CN1N=NC(c2ccccc2)C1c1ccccc1. The lowest BCUT2D eigenvalue weighted by atomic mass is 9.94. The first-order valence-corrected chi connectivity index (χ1v) is 7.94. The first-order chi connectivity index (χ1) is 11.8. The number of rotatable bonds is 6. The van der Waals surface area contributed by atoms with E-state index >= 15 is 0 Å². The summed E-state index contributed by atoms with van der Waals surface area (Å²) >= 11 is 0. The van der Waals surface area contributed by atoms with Gasteiger partial charge in [0.05, 0.1) is 0 Å². The van der Waals surface area contributed by atoms with E-state index in [-0.39, 0.29) is 24.5 Å². The molecule has 2 aromatic carbocycles. The lowest BCUT2D eigenvalue weighted by molar-refractivity contribution is -0.122. The molecule has 0 fully saturated rings. The van der Waals surface area contributed by atoms with E-state index in [1.54, 1.807) is 11.1 Å². The zero-order valence-corrected chi connectivity index (χ0v) is 13.4. The number of nitrogens with one attached hydrogen (secondary N) is 1. The summed E-state index contributed by atoms with van der Waals surface area (Å²) in [5.41, 5.74) is 2.18. The molecule has 2 aromatic rings. The van der Waals surface area contributed by atoms with E-state index in [2.05, 4.69) is 22.2 Å². The molecule has 122 valence electrons. The summed E-state index contributed by atoms with van der Waals surface area (Å²) in [5.74, 6) is -0.0940. The van der Waals surface area contributed by atoms with Crippen LogP contribution in [0.5, 0.6) is 0 Å². The molecule has 0 spiro atoms. The molecule has 5 nitrogen and oxygen atoms in total. The summed E-state index contributed by atoms with van der Waals surface area (Å²) in [4.78, 5) is 12.1. The van der Waals surface area contributed by atoms with Crippen LogP contribution in [0.15, 0.2) is 83.7 Å². The number of hydrogen-bond acceptors (Lipinski definition) is 4. The van der Waals surface area contributed by atoms with Gasteiger partial charge in [0.25, 0.3) is 0 Å². The zero-order chi connectivity index (χ0) is 16.8. The van der Waals surface area contributed by atoms with Crippen molar-refractivity contribution in [1.29, 1.82) is 0 Å². The van der Waals surface area contributed by atoms with Gasteiger partial charge in [0.2, 0.25) is 5.91 Å². The number of hydrogen-bond donors (Lipinski definition) is 1. The van der Waals surface area contributed by atoms with Gasteiger partial charge in [-0.1, -0.05) is 72.0 Å². The molecule has 2 atom stereocenters. The first-order valence-electron chi connectivity index (χ1n) is 7.94. The van der Waals surface area contributed by atoms with E-state index in [0.717, 1.165) is 11.1 Å². The minimum atomic E-state index is -0.124. The molecule has 0 aromatic heterocycles. The van der Waals surface area contributed by atoms with E-state index in [4.69, 9.17) is 0 Å². The summed E-state index contributed by atoms with van der Waals surface area (Å²) in [6.45, 7) is 4.22. The van der Waals surface area contributed by atoms with E-state index in [0.29, 0.717) is 6.54 Å². The molecule has 1 aliphatic rings. The van der Waals surface area contributed by atoms with E-state index < -0.39 is 0 Å². The fourth-order valence-electron chi connectivity index (χ4n) is 2.83. The normalized spacial score (nSPS) is 19.2. The molecule has 1 amide bonds. The van der Waals surface area contributed by atoms with Crippen molar-refractivity contribution in [3.8, 4) is 0 Å². The van der Waals surface area contributed by atoms with Crippen LogP contribution in [0.3, 0.4) is 0 Å². The van der Waals surface area contributed by atoms with Crippen LogP contribution in [-0.4, -0.2) is 24.0 Å². The third-order valence-corrected chi connectivity index (χ3v) is 3.94. The summed E-state index contributed by atoms with van der Waals surface area (Å²) < 4.78 is 0. The maximum absolute atomic E-state index is 12.1. The Morgan fingerprint density at radius 2 is 1.71 bits per heavy atom. The highest BCUT2D eigenvalue weighted by molar-refractivity contribution is 5.78. The average molecular weight is 320 g/mol. The van der Waals surface area contributed by atoms with Crippen molar-refractivity contribution in [2.45, 2.75) is 12.1 Å². The van der Waals surface area contributed by atoms with Crippen molar-refractivity contribution in [3.63, 3.8) is 0 Å². The Morgan fingerprint density at radius 3 is 2.33 bits per heavy atom. The Kier molecular flexibility index (Phi) is 5.01. The molecular weight excluding hydrogens is 300 g/mol. The molecule has 0 saturated heterocycles. The van der Waals surface area contributed by atoms with Crippen LogP contribution in [-0.2, 0) is 4.79 Å². The quantitative estimate of drug-likeness (QED) is 0.829. The maximum Gasteiger partial charge on any atom is 0.241 e. The van der Waals surface area contributed by atoms with Gasteiger partial charge in [0.1, 0.15) is 18.6 Å². The largest absolute Gasteiger partial charge is 0.351 e. The predicted molar refractivity (Wildman–Crippen MR) is 93.1 cm³/mol. The van der Waals surface area contributed by atoms with Gasteiger partial charge >= 0.3 is 0 Å². The summed E-state index contributed by atoms with van der Waals surface area (Å²) in [6, 6.07) is 19.9. The van der Waals surface area contributed by atoms with Crippen LogP contribution >= 0.6 is 0 Å². The predicted octanol–water partition coefficient (Wildman–Crippen LogP) is 3.45. The van der Waals surface area contributed by atoms with Gasteiger partial charge in [0, 0.05) is 6.54 Å². The van der Waals surface area contributed by atoms with Crippen LogP contribution in [0.4, 0.5) is 0 Å². The molecule has 0 aliphatic carbocycles. The fraction of sp³-hybridized carbons (Fsp3) is 0.211. The molecule has 3 rings (SSSR count). The standard InChI is InChI=1S/C19H20N4O/c1-2-13-20-17(24)14-23-19(16-11-7-4-8-12-16)18(21-22-23)15-9-5-3-6-10-15/h2-12,18-19H,1,13-14H2,(H,20,24). The Hall–Kier alpha value is -2.95. The second-order valence-corrected chi connectivity index (χ2v) is 5.61. The molecule has 1 N–H and O–H groups in total. The smallest absolute Gasteiger partial charge is 0.241 e. The fourth-order valence-corrected chi connectivity index (χ4v) is 2.83. The third-order valence-electron chi connectivity index (χ3n) is 3.94. The molecule has 5 heteroatoms. The zero-order valence-electron chi connectivity index (χ0n) is 13.4. The Balaban J connectivity index is 1.85. The van der Waals surface area contributed by atoms with Crippen molar-refractivity contribution in [3.05, 3.63) is 84.4 Å². The molecule has 1 heterocycles. The molecule has 0 radical (unpaired) electrons. The van der Waals surface area contributed by atoms with E-state index in [1.807, 2.05) is 60.7 Å². The van der Waals surface area contributed by atoms with Gasteiger partial charge in [-0.05, 0) is 11.1 Å². The van der Waals surface area contributed by atoms with Crippen LogP contribution in [0.2, 0.25) is 0 Å². The molecular formula is C19H20N4O. The van der Waals surface area contributed by atoms with E-state index in [1.165, 1.54) is 0 Å². The Morgan fingerprint density at radius 1 is 1.08 bits per heavy atom. The second-order valence-electron chi connectivity index (χ2n) is 5.61. The van der Waals surface area contributed by atoms with E-state index in [9.17, 15) is 4.79 Å². The van der Waals surface area contributed by atoms with Gasteiger partial charge < -0.3 is 5.32 Å². The van der Waals surface area contributed by atoms with Crippen molar-refractivity contribution in [1.82, 2.24) is 10.3 Å².